The van der Waals surface area contributed by atoms with Crippen molar-refractivity contribution in [3.8, 4) is 5.88 Å². The quantitative estimate of drug-likeness (QED) is 0.762. The number of hydrogen-bond donors (Lipinski definition) is 3. The fourth-order valence-electron chi connectivity index (χ4n) is 2.60. The number of aliphatic carboxylic acids is 1. The predicted molar refractivity (Wildman–Crippen MR) is 71.6 cm³/mol. The van der Waals surface area contributed by atoms with E-state index in [0.717, 1.165) is 12.8 Å². The molecule has 2 aliphatic rings. The number of nitrogens with one attached hydrogen (secondary N) is 1. The number of carbonyl (C=O) groups is 2. The number of carboxylic acid groups (broad SMARTS) is 2. The first-order chi connectivity index (χ1) is 11.1. The number of alkyl halides is 3. The molecule has 0 atom stereocenters. The van der Waals surface area contributed by atoms with Crippen molar-refractivity contribution in [2.45, 2.75) is 50.8 Å². The Morgan fingerprint density at radius 2 is 1.71 bits per heavy atom. The Morgan fingerprint density at radius 1 is 1.17 bits per heavy atom. The van der Waals surface area contributed by atoms with Crippen LogP contribution in [0.5, 0.6) is 5.88 Å². The van der Waals surface area contributed by atoms with E-state index in [1.54, 1.807) is 0 Å². The van der Waals surface area contributed by atoms with E-state index >= 15 is 0 Å². The third-order valence-corrected chi connectivity index (χ3v) is 4.20. The molecule has 1 spiro atoms. The molecule has 11 heteroatoms. The van der Waals surface area contributed by atoms with E-state index in [0.29, 0.717) is 5.41 Å². The van der Waals surface area contributed by atoms with Gasteiger partial charge in [0.15, 0.2) is 0 Å². The molecule has 3 rings (SSSR count). The summed E-state index contributed by atoms with van der Waals surface area (Å²) in [5, 5.41) is 25.5. The number of carboxylic acids is 2. The molecule has 8 nitrogen and oxygen atoms in total. The molecule has 0 aliphatic heterocycles. The lowest BCUT2D eigenvalue weighted by atomic mass is 9.85. The summed E-state index contributed by atoms with van der Waals surface area (Å²) in [6, 6.07) is 0. The largest absolute Gasteiger partial charge is 0.490 e. The molecule has 0 bridgehead atoms. The van der Waals surface area contributed by atoms with Crippen molar-refractivity contribution in [3.05, 3.63) is 5.69 Å². The minimum atomic E-state index is -5.08. The number of aromatic nitrogens is 3. The van der Waals surface area contributed by atoms with Gasteiger partial charge in [-0.3, -0.25) is 0 Å². The number of halogens is 3. The van der Waals surface area contributed by atoms with E-state index < -0.39 is 18.1 Å². The van der Waals surface area contributed by atoms with Crippen molar-refractivity contribution < 1.29 is 37.7 Å². The van der Waals surface area contributed by atoms with E-state index in [2.05, 4.69) is 15.4 Å². The van der Waals surface area contributed by atoms with Gasteiger partial charge < -0.3 is 14.9 Å². The molecule has 3 N–H and O–H groups in total. The molecule has 1 aromatic rings. The van der Waals surface area contributed by atoms with Gasteiger partial charge in [-0.05, 0) is 43.9 Å². The topological polar surface area (TPSA) is 125 Å². The Balaban J connectivity index is 0.000000256. The van der Waals surface area contributed by atoms with Crippen LogP contribution in [0.3, 0.4) is 0 Å². The zero-order valence-electron chi connectivity index (χ0n) is 12.5. The average molecular weight is 351 g/mol. The number of rotatable bonds is 3. The second-order valence-electron chi connectivity index (χ2n) is 5.92. The van der Waals surface area contributed by atoms with Gasteiger partial charge in [0.25, 0.3) is 5.88 Å². The van der Waals surface area contributed by atoms with Crippen LogP contribution in [0.15, 0.2) is 0 Å². The molecule has 0 amide bonds. The lowest BCUT2D eigenvalue weighted by Crippen LogP contribution is -2.25. The zero-order chi connectivity index (χ0) is 18.0. The van der Waals surface area contributed by atoms with Crippen LogP contribution in [0.2, 0.25) is 0 Å². The number of aromatic carboxylic acids is 1. The van der Waals surface area contributed by atoms with Crippen LogP contribution in [-0.4, -0.2) is 49.8 Å². The molecule has 134 valence electrons. The van der Waals surface area contributed by atoms with Gasteiger partial charge in [0.2, 0.25) is 5.69 Å². The molecule has 0 saturated heterocycles. The van der Waals surface area contributed by atoms with Gasteiger partial charge in [-0.1, -0.05) is 10.3 Å². The normalized spacial score (nSPS) is 19.3. The predicted octanol–water partition coefficient (Wildman–Crippen LogP) is 2.24. The standard InChI is InChI=1S/C11H15N3O3.C2HF3O2/c15-10(16)8-9(13-14-12-8)17-7-1-3-11(4-2-7)5-6-11;3-2(4,5)1(6)7/h7H,1-6H2,(H,15,16)(H,12,13,14);(H,6,7). The lowest BCUT2D eigenvalue weighted by molar-refractivity contribution is -0.192. The van der Waals surface area contributed by atoms with Gasteiger partial charge in [-0.2, -0.15) is 13.2 Å². The summed E-state index contributed by atoms with van der Waals surface area (Å²) in [5.74, 6) is -3.72. The summed E-state index contributed by atoms with van der Waals surface area (Å²) in [7, 11) is 0. The molecule has 0 radical (unpaired) electrons. The van der Waals surface area contributed by atoms with Gasteiger partial charge in [0.1, 0.15) is 6.10 Å². The van der Waals surface area contributed by atoms with Crippen LogP contribution in [0.4, 0.5) is 13.2 Å². The molecular weight excluding hydrogens is 335 g/mol. The Morgan fingerprint density at radius 3 is 2.12 bits per heavy atom. The lowest BCUT2D eigenvalue weighted by Gasteiger charge is -2.28. The van der Waals surface area contributed by atoms with Crippen LogP contribution < -0.4 is 4.74 Å². The third-order valence-electron chi connectivity index (χ3n) is 4.20. The van der Waals surface area contributed by atoms with Gasteiger partial charge in [-0.15, -0.1) is 0 Å². The number of aromatic amines is 1. The highest BCUT2D eigenvalue weighted by atomic mass is 19.4. The Labute approximate surface area is 134 Å². The summed E-state index contributed by atoms with van der Waals surface area (Å²) >= 11 is 0. The Bertz CT molecular complexity index is 602. The Hall–Kier alpha value is -2.33. The minimum absolute atomic E-state index is 0.0586. The van der Waals surface area contributed by atoms with Gasteiger partial charge in [0.05, 0.1) is 0 Å². The molecule has 2 fully saturated rings. The van der Waals surface area contributed by atoms with E-state index in [-0.39, 0.29) is 17.7 Å². The van der Waals surface area contributed by atoms with Crippen molar-refractivity contribution in [1.82, 2.24) is 15.4 Å². The number of H-pyrrole nitrogens is 1. The van der Waals surface area contributed by atoms with Crippen LogP contribution in [0.1, 0.15) is 49.0 Å². The van der Waals surface area contributed by atoms with E-state index in [4.69, 9.17) is 19.7 Å². The Kier molecular flexibility index (Phi) is 4.99. The van der Waals surface area contributed by atoms with Crippen LogP contribution >= 0.6 is 0 Å². The fourth-order valence-corrected chi connectivity index (χ4v) is 2.60. The maximum atomic E-state index is 10.8. The maximum Gasteiger partial charge on any atom is 0.490 e. The van der Waals surface area contributed by atoms with E-state index in [9.17, 15) is 18.0 Å². The molecule has 24 heavy (non-hydrogen) atoms. The van der Waals surface area contributed by atoms with Crippen molar-refractivity contribution in [3.63, 3.8) is 0 Å². The van der Waals surface area contributed by atoms with Gasteiger partial charge in [-0.25, -0.2) is 14.7 Å². The first-order valence-corrected chi connectivity index (χ1v) is 7.24. The summed E-state index contributed by atoms with van der Waals surface area (Å²) in [6.07, 6.45) is 2.08. The first-order valence-electron chi connectivity index (χ1n) is 7.24. The SMILES string of the molecule is O=C(O)C(F)(F)F.O=C(O)c1[nH]nnc1OC1CCC2(CC1)CC2. The van der Waals surface area contributed by atoms with E-state index in [1.807, 2.05) is 0 Å². The van der Waals surface area contributed by atoms with Crippen molar-refractivity contribution in [2.75, 3.05) is 0 Å². The monoisotopic (exact) mass is 351 g/mol. The smallest absolute Gasteiger partial charge is 0.476 e. The summed E-state index contributed by atoms with van der Waals surface area (Å²) in [6.45, 7) is 0. The second kappa shape index (κ2) is 6.65. The zero-order valence-corrected chi connectivity index (χ0v) is 12.5. The number of nitrogens with zero attached hydrogens (tertiary/aromatic N) is 2. The van der Waals surface area contributed by atoms with Crippen molar-refractivity contribution in [2.24, 2.45) is 5.41 Å². The second-order valence-corrected chi connectivity index (χ2v) is 5.92. The number of ether oxygens (including phenoxy) is 1. The van der Waals surface area contributed by atoms with Crippen LogP contribution in [0, 0.1) is 5.41 Å². The third kappa shape index (κ3) is 4.59. The highest BCUT2D eigenvalue weighted by Crippen LogP contribution is 2.56. The van der Waals surface area contributed by atoms with Crippen molar-refractivity contribution >= 4 is 11.9 Å². The summed E-state index contributed by atoms with van der Waals surface area (Å²) in [4.78, 5) is 19.7. The molecule has 1 aromatic heterocycles. The fraction of sp³-hybridized carbons (Fsp3) is 0.692. The van der Waals surface area contributed by atoms with Crippen LogP contribution in [-0.2, 0) is 4.79 Å². The first kappa shape index (κ1) is 18.0. The maximum absolute atomic E-state index is 10.8. The molecule has 1 heterocycles. The van der Waals surface area contributed by atoms with E-state index in [1.165, 1.54) is 25.7 Å². The molecule has 0 aromatic carbocycles. The van der Waals surface area contributed by atoms with Crippen molar-refractivity contribution in [1.29, 1.82) is 0 Å². The minimum Gasteiger partial charge on any atom is -0.476 e. The molecule has 2 saturated carbocycles. The van der Waals surface area contributed by atoms with Gasteiger partial charge in [0, 0.05) is 0 Å². The molecule has 0 unspecified atom stereocenters. The number of hydrogen-bond acceptors (Lipinski definition) is 5. The molecular formula is C13H16F3N3O5. The highest BCUT2D eigenvalue weighted by Gasteiger charge is 2.45. The van der Waals surface area contributed by atoms with Crippen LogP contribution in [0.25, 0.3) is 0 Å². The molecule has 2 aliphatic carbocycles. The average Bonchev–Trinajstić information content (AvgIpc) is 3.07. The summed E-state index contributed by atoms with van der Waals surface area (Å²) < 4.78 is 37.4. The summed E-state index contributed by atoms with van der Waals surface area (Å²) in [5.41, 5.74) is 0.552. The highest BCUT2D eigenvalue weighted by molar-refractivity contribution is 5.87. The van der Waals surface area contributed by atoms with Gasteiger partial charge >= 0.3 is 18.1 Å².